The molecule has 15 heavy (non-hydrogen) atoms. The molecule has 3 nitrogen and oxygen atoms in total. The van der Waals surface area contributed by atoms with E-state index in [-0.39, 0.29) is 5.56 Å². The van der Waals surface area contributed by atoms with Crippen LogP contribution in [0.4, 0.5) is 13.2 Å². The summed E-state index contributed by atoms with van der Waals surface area (Å²) < 4.78 is 37.3. The summed E-state index contributed by atoms with van der Waals surface area (Å²) in [7, 11) is 0. The molecule has 0 aliphatic rings. The van der Waals surface area contributed by atoms with Crippen LogP contribution in [0.1, 0.15) is 21.5 Å². The Morgan fingerprint density at radius 2 is 2.00 bits per heavy atom. The summed E-state index contributed by atoms with van der Waals surface area (Å²) in [5.74, 6) is -1.15. The lowest BCUT2D eigenvalue weighted by Crippen LogP contribution is -2.19. The molecular weight excluding hydrogens is 211 g/mol. The molecule has 0 saturated heterocycles. The average Bonchev–Trinajstić information content (AvgIpc) is 2.15. The van der Waals surface area contributed by atoms with Gasteiger partial charge in [-0.15, -0.1) is 0 Å². The number of hydrogen-bond donors (Lipinski definition) is 2. The van der Waals surface area contributed by atoms with E-state index in [1.165, 1.54) is 6.07 Å². The monoisotopic (exact) mass is 219 g/mol. The minimum absolute atomic E-state index is 0.0762. The zero-order valence-corrected chi connectivity index (χ0v) is 7.51. The minimum Gasteiger partial charge on any atom is -0.392 e. The predicted molar refractivity (Wildman–Crippen MR) is 45.9 cm³/mol. The van der Waals surface area contributed by atoms with Crippen molar-refractivity contribution >= 4 is 5.91 Å². The lowest BCUT2D eigenvalue weighted by Gasteiger charge is -2.11. The lowest BCUT2D eigenvalue weighted by molar-refractivity contribution is -0.138. The average molecular weight is 219 g/mol. The first-order chi connectivity index (χ1) is 6.86. The molecule has 0 heterocycles. The number of hydrogen-bond acceptors (Lipinski definition) is 2. The lowest BCUT2D eigenvalue weighted by atomic mass is 10.0. The summed E-state index contributed by atoms with van der Waals surface area (Å²) in [6.07, 6.45) is -4.66. The number of carbonyl (C=O) groups excluding carboxylic acids is 1. The molecule has 0 atom stereocenters. The normalized spacial score (nSPS) is 11.5. The first kappa shape index (κ1) is 11.5. The second-order valence-corrected chi connectivity index (χ2v) is 2.90. The first-order valence-corrected chi connectivity index (χ1v) is 3.97. The van der Waals surface area contributed by atoms with Crippen molar-refractivity contribution in [1.82, 2.24) is 0 Å². The summed E-state index contributed by atoms with van der Waals surface area (Å²) in [6.45, 7) is -0.526. The van der Waals surface area contributed by atoms with E-state index in [9.17, 15) is 18.0 Å². The fourth-order valence-electron chi connectivity index (χ4n) is 1.14. The van der Waals surface area contributed by atoms with E-state index >= 15 is 0 Å². The van der Waals surface area contributed by atoms with Gasteiger partial charge in [-0.25, -0.2) is 0 Å². The molecular formula is C9H8F3NO2. The van der Waals surface area contributed by atoms with Gasteiger partial charge in [-0.3, -0.25) is 4.79 Å². The Balaban J connectivity index is 3.36. The summed E-state index contributed by atoms with van der Waals surface area (Å²) in [6, 6.07) is 2.88. The van der Waals surface area contributed by atoms with E-state index in [0.29, 0.717) is 6.07 Å². The number of carbonyl (C=O) groups is 1. The van der Waals surface area contributed by atoms with Crippen LogP contribution in [-0.2, 0) is 12.8 Å². The van der Waals surface area contributed by atoms with Crippen molar-refractivity contribution < 1.29 is 23.1 Å². The molecule has 0 fully saturated rings. The second-order valence-electron chi connectivity index (χ2n) is 2.90. The van der Waals surface area contributed by atoms with E-state index in [0.717, 1.165) is 6.07 Å². The molecule has 3 N–H and O–H groups in total. The SMILES string of the molecule is NC(=O)c1ccc(CO)cc1C(F)(F)F. The van der Waals surface area contributed by atoms with Crippen LogP contribution < -0.4 is 5.73 Å². The van der Waals surface area contributed by atoms with E-state index in [1.54, 1.807) is 0 Å². The van der Waals surface area contributed by atoms with E-state index < -0.39 is 29.8 Å². The Hall–Kier alpha value is -1.56. The molecule has 0 spiro atoms. The third kappa shape index (κ3) is 2.47. The highest BCUT2D eigenvalue weighted by Gasteiger charge is 2.34. The van der Waals surface area contributed by atoms with Crippen LogP contribution in [0.2, 0.25) is 0 Å². The van der Waals surface area contributed by atoms with Gasteiger partial charge in [-0.05, 0) is 17.7 Å². The Morgan fingerprint density at radius 3 is 2.40 bits per heavy atom. The highest BCUT2D eigenvalue weighted by atomic mass is 19.4. The van der Waals surface area contributed by atoms with Gasteiger partial charge in [0.05, 0.1) is 17.7 Å². The molecule has 0 aromatic heterocycles. The van der Waals surface area contributed by atoms with Gasteiger partial charge in [0.25, 0.3) is 0 Å². The number of primary amides is 1. The summed E-state index contributed by atoms with van der Waals surface area (Å²) in [5.41, 5.74) is 3.16. The third-order valence-corrected chi connectivity index (χ3v) is 1.84. The number of amides is 1. The summed E-state index contributed by atoms with van der Waals surface area (Å²) in [4.78, 5) is 10.7. The van der Waals surface area contributed by atoms with Gasteiger partial charge >= 0.3 is 6.18 Å². The fraction of sp³-hybridized carbons (Fsp3) is 0.222. The van der Waals surface area contributed by atoms with E-state index in [2.05, 4.69) is 0 Å². The number of rotatable bonds is 2. The number of nitrogens with two attached hydrogens (primary N) is 1. The molecule has 6 heteroatoms. The van der Waals surface area contributed by atoms with Crippen molar-refractivity contribution in [2.24, 2.45) is 5.73 Å². The molecule has 0 unspecified atom stereocenters. The van der Waals surface area contributed by atoms with Gasteiger partial charge < -0.3 is 10.8 Å². The number of halogens is 3. The Bertz CT molecular complexity index is 387. The molecule has 1 aromatic rings. The maximum Gasteiger partial charge on any atom is 0.417 e. The van der Waals surface area contributed by atoms with Gasteiger partial charge in [0.15, 0.2) is 0 Å². The number of aliphatic hydroxyl groups excluding tert-OH is 1. The highest BCUT2D eigenvalue weighted by molar-refractivity contribution is 5.94. The highest BCUT2D eigenvalue weighted by Crippen LogP contribution is 2.32. The van der Waals surface area contributed by atoms with Crippen LogP contribution in [-0.4, -0.2) is 11.0 Å². The van der Waals surface area contributed by atoms with Crippen molar-refractivity contribution in [3.8, 4) is 0 Å². The van der Waals surface area contributed by atoms with Crippen molar-refractivity contribution in [1.29, 1.82) is 0 Å². The molecule has 0 bridgehead atoms. The summed E-state index contributed by atoms with van der Waals surface area (Å²) in [5, 5.41) is 8.67. The molecule has 1 rings (SSSR count). The van der Waals surface area contributed by atoms with Crippen molar-refractivity contribution in [3.05, 3.63) is 34.9 Å². The number of aliphatic hydroxyl groups is 1. The summed E-state index contributed by atoms with van der Waals surface area (Å²) >= 11 is 0. The van der Waals surface area contributed by atoms with Crippen LogP contribution in [0.3, 0.4) is 0 Å². The van der Waals surface area contributed by atoms with Gasteiger partial charge in [0, 0.05) is 0 Å². The number of alkyl halides is 3. The smallest absolute Gasteiger partial charge is 0.392 e. The maximum atomic E-state index is 12.4. The number of benzene rings is 1. The molecule has 0 saturated carbocycles. The quantitative estimate of drug-likeness (QED) is 0.787. The van der Waals surface area contributed by atoms with E-state index in [1.807, 2.05) is 0 Å². The van der Waals surface area contributed by atoms with Crippen LogP contribution in [0.25, 0.3) is 0 Å². The molecule has 0 aliphatic heterocycles. The van der Waals surface area contributed by atoms with Crippen LogP contribution >= 0.6 is 0 Å². The molecule has 0 radical (unpaired) electrons. The van der Waals surface area contributed by atoms with Gasteiger partial charge in [0.1, 0.15) is 0 Å². The van der Waals surface area contributed by atoms with E-state index in [4.69, 9.17) is 10.8 Å². The molecule has 0 aliphatic carbocycles. The van der Waals surface area contributed by atoms with Crippen LogP contribution in [0.5, 0.6) is 0 Å². The van der Waals surface area contributed by atoms with Crippen LogP contribution in [0.15, 0.2) is 18.2 Å². The first-order valence-electron chi connectivity index (χ1n) is 3.97. The van der Waals surface area contributed by atoms with Crippen molar-refractivity contribution in [3.63, 3.8) is 0 Å². The Kier molecular flexibility index (Phi) is 2.99. The second kappa shape index (κ2) is 3.90. The standard InChI is InChI=1S/C9H8F3NO2/c10-9(11,12)7-3-5(4-14)1-2-6(7)8(13)15/h1-3,14H,4H2,(H2,13,15). The topological polar surface area (TPSA) is 63.3 Å². The molecule has 1 amide bonds. The predicted octanol–water partition coefficient (Wildman–Crippen LogP) is 1.30. The molecule has 82 valence electrons. The van der Waals surface area contributed by atoms with Crippen molar-refractivity contribution in [2.45, 2.75) is 12.8 Å². The van der Waals surface area contributed by atoms with Gasteiger partial charge in [-0.2, -0.15) is 13.2 Å². The fourth-order valence-corrected chi connectivity index (χ4v) is 1.14. The maximum absolute atomic E-state index is 12.4. The third-order valence-electron chi connectivity index (χ3n) is 1.84. The Morgan fingerprint density at radius 1 is 1.40 bits per heavy atom. The minimum atomic E-state index is -4.66. The van der Waals surface area contributed by atoms with Gasteiger partial charge in [0.2, 0.25) is 5.91 Å². The Labute approximate surface area is 83.3 Å². The van der Waals surface area contributed by atoms with Gasteiger partial charge in [-0.1, -0.05) is 6.07 Å². The van der Waals surface area contributed by atoms with Crippen LogP contribution in [0, 0.1) is 0 Å². The van der Waals surface area contributed by atoms with Crippen molar-refractivity contribution in [2.75, 3.05) is 0 Å². The zero-order valence-electron chi connectivity index (χ0n) is 7.51. The zero-order chi connectivity index (χ0) is 11.6. The largest absolute Gasteiger partial charge is 0.417 e. The molecule has 1 aromatic carbocycles.